The number of aliphatic hydroxyl groups is 2. The van der Waals surface area contributed by atoms with Crippen molar-refractivity contribution in [2.75, 3.05) is 26.3 Å². The van der Waals surface area contributed by atoms with E-state index in [1.54, 1.807) is 0 Å². The van der Waals surface area contributed by atoms with E-state index in [0.29, 0.717) is 6.61 Å². The highest BCUT2D eigenvalue weighted by Crippen LogP contribution is 2.35. The van der Waals surface area contributed by atoms with E-state index in [1.165, 1.54) is 0 Å². The maximum Gasteiger partial charge on any atom is 0.119 e. The Labute approximate surface area is 143 Å². The highest BCUT2D eigenvalue weighted by atomic mass is 16.5. The third-order valence-corrected chi connectivity index (χ3v) is 4.81. The maximum absolute atomic E-state index is 9.65. The molecule has 2 aromatic carbocycles. The van der Waals surface area contributed by atoms with Crippen molar-refractivity contribution in [3.8, 4) is 5.75 Å². The lowest BCUT2D eigenvalue weighted by Crippen LogP contribution is -2.45. The van der Waals surface area contributed by atoms with Crippen LogP contribution in [0.2, 0.25) is 0 Å². The molecule has 128 valence electrons. The maximum atomic E-state index is 9.65. The summed E-state index contributed by atoms with van der Waals surface area (Å²) in [5.41, 5.74) is 2.29. The van der Waals surface area contributed by atoms with Gasteiger partial charge in [0.1, 0.15) is 12.4 Å². The van der Waals surface area contributed by atoms with Crippen molar-refractivity contribution in [1.29, 1.82) is 0 Å². The Morgan fingerprint density at radius 3 is 2.08 bits per heavy atom. The number of hydrogen-bond acceptors (Lipinski definition) is 4. The number of benzene rings is 2. The molecule has 0 radical (unpaired) electrons. The third kappa shape index (κ3) is 3.96. The number of nitrogens with one attached hydrogen (secondary N) is 1. The monoisotopic (exact) mass is 327 g/mol. The first-order valence-electron chi connectivity index (χ1n) is 8.51. The molecule has 24 heavy (non-hydrogen) atoms. The molecule has 1 fully saturated rings. The van der Waals surface area contributed by atoms with Gasteiger partial charge in [-0.3, -0.25) is 0 Å². The van der Waals surface area contributed by atoms with Gasteiger partial charge in [-0.15, -0.1) is 0 Å². The van der Waals surface area contributed by atoms with Gasteiger partial charge in [-0.05, 0) is 29.2 Å². The second-order valence-corrected chi connectivity index (χ2v) is 6.41. The van der Waals surface area contributed by atoms with Crippen molar-refractivity contribution in [3.63, 3.8) is 0 Å². The van der Waals surface area contributed by atoms with Crippen LogP contribution in [0, 0.1) is 11.8 Å². The fourth-order valence-electron chi connectivity index (χ4n) is 3.52. The lowest BCUT2D eigenvalue weighted by atomic mass is 9.75. The molecule has 1 saturated heterocycles. The van der Waals surface area contributed by atoms with Crippen molar-refractivity contribution in [3.05, 3.63) is 65.7 Å². The molecule has 4 nitrogen and oxygen atoms in total. The van der Waals surface area contributed by atoms with E-state index >= 15 is 0 Å². The summed E-state index contributed by atoms with van der Waals surface area (Å²) in [6, 6.07) is 18.1. The Morgan fingerprint density at radius 2 is 1.50 bits per heavy atom. The minimum atomic E-state index is 0.125. The standard InChI is InChI=1S/C20H25NO3/c22-12-17-10-21-11-18(13-23)20(17)16-6-8-19(9-7-16)24-14-15-4-2-1-3-5-15/h1-9,17-18,20-23H,10-14H2. The third-order valence-electron chi connectivity index (χ3n) is 4.81. The van der Waals surface area contributed by atoms with E-state index in [2.05, 4.69) is 17.4 Å². The zero-order valence-corrected chi connectivity index (χ0v) is 13.8. The van der Waals surface area contributed by atoms with Crippen LogP contribution in [0.25, 0.3) is 0 Å². The normalized spacial score (nSPS) is 23.8. The van der Waals surface area contributed by atoms with Gasteiger partial charge in [0.2, 0.25) is 0 Å². The van der Waals surface area contributed by atoms with Crippen LogP contribution in [0.1, 0.15) is 17.0 Å². The van der Waals surface area contributed by atoms with Crippen molar-refractivity contribution in [2.24, 2.45) is 11.8 Å². The van der Waals surface area contributed by atoms with Gasteiger partial charge in [-0.25, -0.2) is 0 Å². The van der Waals surface area contributed by atoms with E-state index in [9.17, 15) is 10.2 Å². The Hall–Kier alpha value is -1.88. The highest BCUT2D eigenvalue weighted by molar-refractivity contribution is 5.31. The minimum absolute atomic E-state index is 0.125. The van der Waals surface area contributed by atoms with Crippen LogP contribution in [0.5, 0.6) is 5.75 Å². The lowest BCUT2D eigenvalue weighted by Gasteiger charge is -2.37. The molecule has 1 heterocycles. The Balaban J connectivity index is 1.68. The van der Waals surface area contributed by atoms with Crippen LogP contribution in [0.4, 0.5) is 0 Å². The largest absolute Gasteiger partial charge is 0.489 e. The van der Waals surface area contributed by atoms with Gasteiger partial charge in [-0.2, -0.15) is 0 Å². The molecule has 4 heteroatoms. The number of hydrogen-bond donors (Lipinski definition) is 3. The first kappa shape index (κ1) is 17.0. The SMILES string of the molecule is OCC1CNCC(CO)C1c1ccc(OCc2ccccc2)cc1. The number of rotatable bonds is 6. The second kappa shape index (κ2) is 8.29. The van der Waals surface area contributed by atoms with Gasteiger partial charge in [0, 0.05) is 38.1 Å². The van der Waals surface area contributed by atoms with Gasteiger partial charge < -0.3 is 20.3 Å². The van der Waals surface area contributed by atoms with Crippen molar-refractivity contribution >= 4 is 0 Å². The van der Waals surface area contributed by atoms with Crippen LogP contribution in [0.15, 0.2) is 54.6 Å². The average Bonchev–Trinajstić information content (AvgIpc) is 2.67. The van der Waals surface area contributed by atoms with Gasteiger partial charge in [0.05, 0.1) is 0 Å². The van der Waals surface area contributed by atoms with Crippen molar-refractivity contribution < 1.29 is 14.9 Å². The molecule has 0 amide bonds. The molecule has 3 N–H and O–H groups in total. The van der Waals surface area contributed by atoms with E-state index in [0.717, 1.165) is 30.0 Å². The molecule has 0 saturated carbocycles. The Kier molecular flexibility index (Phi) is 5.86. The predicted octanol–water partition coefficient (Wildman–Crippen LogP) is 2.17. The summed E-state index contributed by atoms with van der Waals surface area (Å²) in [5, 5.41) is 22.6. The molecule has 2 unspecified atom stereocenters. The summed E-state index contributed by atoms with van der Waals surface area (Å²) in [4.78, 5) is 0. The summed E-state index contributed by atoms with van der Waals surface area (Å²) in [6.45, 7) is 2.36. The van der Waals surface area contributed by atoms with Gasteiger partial charge >= 0.3 is 0 Å². The molecule has 2 aromatic rings. The molecule has 1 aliphatic heterocycles. The second-order valence-electron chi connectivity index (χ2n) is 6.41. The summed E-state index contributed by atoms with van der Waals surface area (Å²) < 4.78 is 5.83. The summed E-state index contributed by atoms with van der Waals surface area (Å²) in [7, 11) is 0. The zero-order chi connectivity index (χ0) is 16.8. The molecular formula is C20H25NO3. The van der Waals surface area contributed by atoms with Crippen LogP contribution in [-0.4, -0.2) is 36.5 Å². The zero-order valence-electron chi connectivity index (χ0n) is 13.8. The summed E-state index contributed by atoms with van der Waals surface area (Å²) in [5.74, 6) is 1.26. The minimum Gasteiger partial charge on any atom is -0.489 e. The molecule has 0 aromatic heterocycles. The fourth-order valence-corrected chi connectivity index (χ4v) is 3.52. The summed E-state index contributed by atoms with van der Waals surface area (Å²) in [6.07, 6.45) is 0. The molecule has 0 spiro atoms. The molecule has 1 aliphatic rings. The van der Waals surface area contributed by atoms with Crippen molar-refractivity contribution in [2.45, 2.75) is 12.5 Å². The number of piperidine rings is 1. The van der Waals surface area contributed by atoms with Gasteiger partial charge in [-0.1, -0.05) is 42.5 Å². The molecule has 0 bridgehead atoms. The van der Waals surface area contributed by atoms with Crippen LogP contribution < -0.4 is 10.1 Å². The van der Waals surface area contributed by atoms with Gasteiger partial charge in [0.25, 0.3) is 0 Å². The average molecular weight is 327 g/mol. The Bertz CT molecular complexity index is 603. The van der Waals surface area contributed by atoms with Crippen LogP contribution in [-0.2, 0) is 6.61 Å². The fraction of sp³-hybridized carbons (Fsp3) is 0.400. The lowest BCUT2D eigenvalue weighted by molar-refractivity contribution is 0.107. The van der Waals surface area contributed by atoms with E-state index in [1.807, 2.05) is 42.5 Å². The van der Waals surface area contributed by atoms with E-state index < -0.39 is 0 Å². The predicted molar refractivity (Wildman–Crippen MR) is 94.0 cm³/mol. The molecule has 2 atom stereocenters. The molecule has 0 aliphatic carbocycles. The first-order chi connectivity index (χ1) is 11.8. The Morgan fingerprint density at radius 1 is 0.875 bits per heavy atom. The molecule has 3 rings (SSSR count). The number of aliphatic hydroxyl groups excluding tert-OH is 2. The van der Waals surface area contributed by atoms with E-state index in [-0.39, 0.29) is 31.0 Å². The van der Waals surface area contributed by atoms with Crippen LogP contribution >= 0.6 is 0 Å². The van der Waals surface area contributed by atoms with E-state index in [4.69, 9.17) is 4.74 Å². The van der Waals surface area contributed by atoms with Crippen molar-refractivity contribution in [1.82, 2.24) is 5.32 Å². The van der Waals surface area contributed by atoms with Gasteiger partial charge in [0.15, 0.2) is 0 Å². The number of ether oxygens (including phenoxy) is 1. The summed E-state index contributed by atoms with van der Waals surface area (Å²) >= 11 is 0. The van der Waals surface area contributed by atoms with Crippen LogP contribution in [0.3, 0.4) is 0 Å². The first-order valence-corrected chi connectivity index (χ1v) is 8.51. The quantitative estimate of drug-likeness (QED) is 0.761. The topological polar surface area (TPSA) is 61.7 Å². The molecular weight excluding hydrogens is 302 g/mol. The smallest absolute Gasteiger partial charge is 0.119 e. The highest BCUT2D eigenvalue weighted by Gasteiger charge is 2.33.